The number of nitrogens with zero attached hydrogens (tertiary/aromatic N) is 1. The first-order chi connectivity index (χ1) is 10.2. The molecule has 0 saturated heterocycles. The monoisotopic (exact) mass is 412 g/mol. The van der Waals surface area contributed by atoms with E-state index in [4.69, 9.17) is 5.73 Å². The maximum absolute atomic E-state index is 5.91. The van der Waals surface area contributed by atoms with Crippen molar-refractivity contribution < 1.29 is 0 Å². The molecule has 1 aliphatic carbocycles. The molecule has 4 N–H and O–H groups in total. The zero-order chi connectivity index (χ0) is 14.7. The Kier molecular flexibility index (Phi) is 6.11. The average Bonchev–Trinajstić information content (AvgIpc) is 2.82. The summed E-state index contributed by atoms with van der Waals surface area (Å²) in [5.74, 6) is 1.35. The summed E-state index contributed by atoms with van der Waals surface area (Å²) in [6.45, 7) is 3.86. The topological polar surface area (TPSA) is 66.2 Å². The minimum absolute atomic E-state index is 0. The van der Waals surface area contributed by atoms with Gasteiger partial charge in [-0.25, -0.2) is 0 Å². The highest BCUT2D eigenvalue weighted by molar-refractivity contribution is 14.0. The molecule has 0 atom stereocenters. The molecule has 3 rings (SSSR count). The zero-order valence-electron chi connectivity index (χ0n) is 13.1. The third kappa shape index (κ3) is 3.94. The van der Waals surface area contributed by atoms with Gasteiger partial charge in [-0.3, -0.25) is 4.99 Å². The van der Waals surface area contributed by atoms with Gasteiger partial charge in [-0.05, 0) is 49.3 Å². The van der Waals surface area contributed by atoms with Crippen LogP contribution >= 0.6 is 24.0 Å². The molecule has 0 spiro atoms. The van der Waals surface area contributed by atoms with Gasteiger partial charge in [0.15, 0.2) is 5.96 Å². The lowest BCUT2D eigenvalue weighted by Crippen LogP contribution is -2.34. The smallest absolute Gasteiger partial charge is 0.188 e. The molecule has 0 amide bonds. The fourth-order valence-electron chi connectivity index (χ4n) is 2.93. The Bertz CT molecular complexity index is 643. The number of nitrogens with one attached hydrogen (secondary N) is 2. The number of aromatic nitrogens is 1. The number of aromatic amines is 1. The van der Waals surface area contributed by atoms with Crippen molar-refractivity contribution in [2.24, 2.45) is 16.6 Å². The third-order valence-electron chi connectivity index (χ3n) is 4.44. The fourth-order valence-corrected chi connectivity index (χ4v) is 2.93. The second-order valence-corrected chi connectivity index (χ2v) is 6.01. The van der Waals surface area contributed by atoms with Crippen molar-refractivity contribution >= 4 is 40.8 Å². The van der Waals surface area contributed by atoms with Crippen LogP contribution in [0.2, 0.25) is 0 Å². The summed E-state index contributed by atoms with van der Waals surface area (Å²) < 4.78 is 0. The van der Waals surface area contributed by atoms with Crippen LogP contribution in [-0.4, -0.2) is 24.0 Å². The van der Waals surface area contributed by atoms with Gasteiger partial charge in [0.1, 0.15) is 0 Å². The second kappa shape index (κ2) is 7.85. The Morgan fingerprint density at radius 2 is 2.23 bits per heavy atom. The van der Waals surface area contributed by atoms with Gasteiger partial charge >= 0.3 is 0 Å². The molecule has 4 nitrogen and oxygen atoms in total. The van der Waals surface area contributed by atoms with Crippen LogP contribution in [0.15, 0.2) is 29.4 Å². The van der Waals surface area contributed by atoms with Crippen LogP contribution in [0.5, 0.6) is 0 Å². The predicted molar refractivity (Wildman–Crippen MR) is 104 cm³/mol. The SMILES string of the molecule is Cc1cccc2[nH]cc(CCNC(N)=NCC3CCC3)c12.I. The van der Waals surface area contributed by atoms with Crippen molar-refractivity contribution in [1.29, 1.82) is 0 Å². The van der Waals surface area contributed by atoms with E-state index in [1.54, 1.807) is 0 Å². The number of guanidine groups is 1. The van der Waals surface area contributed by atoms with E-state index in [2.05, 4.69) is 46.6 Å². The first kappa shape index (κ1) is 17.1. The van der Waals surface area contributed by atoms with Crippen molar-refractivity contribution in [3.05, 3.63) is 35.5 Å². The molecule has 1 aliphatic rings. The molecule has 22 heavy (non-hydrogen) atoms. The van der Waals surface area contributed by atoms with Crippen molar-refractivity contribution in [2.45, 2.75) is 32.6 Å². The molecule has 0 bridgehead atoms. The number of hydrogen-bond acceptors (Lipinski definition) is 1. The molecule has 1 saturated carbocycles. The quantitative estimate of drug-likeness (QED) is 0.401. The van der Waals surface area contributed by atoms with E-state index < -0.39 is 0 Å². The first-order valence-corrected chi connectivity index (χ1v) is 7.83. The van der Waals surface area contributed by atoms with E-state index in [-0.39, 0.29) is 24.0 Å². The molecule has 1 aromatic carbocycles. The normalized spacial score (nSPS) is 15.4. The Balaban J connectivity index is 0.00000176. The number of benzene rings is 1. The highest BCUT2D eigenvalue weighted by atomic mass is 127. The van der Waals surface area contributed by atoms with Crippen LogP contribution < -0.4 is 11.1 Å². The summed E-state index contributed by atoms with van der Waals surface area (Å²) in [5.41, 5.74) is 9.77. The van der Waals surface area contributed by atoms with Gasteiger partial charge in [0.25, 0.3) is 0 Å². The summed E-state index contributed by atoms with van der Waals surface area (Å²) in [6, 6.07) is 6.36. The van der Waals surface area contributed by atoms with Crippen LogP contribution in [0.1, 0.15) is 30.4 Å². The van der Waals surface area contributed by atoms with Gasteiger partial charge in [0.05, 0.1) is 0 Å². The average molecular weight is 412 g/mol. The zero-order valence-corrected chi connectivity index (χ0v) is 15.4. The highest BCUT2D eigenvalue weighted by Crippen LogP contribution is 2.26. The van der Waals surface area contributed by atoms with Gasteiger partial charge in [-0.2, -0.15) is 0 Å². The molecule has 0 radical (unpaired) electrons. The van der Waals surface area contributed by atoms with E-state index in [1.165, 1.54) is 41.3 Å². The Morgan fingerprint density at radius 3 is 2.95 bits per heavy atom. The summed E-state index contributed by atoms with van der Waals surface area (Å²) in [4.78, 5) is 7.75. The minimum Gasteiger partial charge on any atom is -0.370 e. The van der Waals surface area contributed by atoms with Crippen LogP contribution in [0.25, 0.3) is 10.9 Å². The minimum atomic E-state index is 0. The summed E-state index contributed by atoms with van der Waals surface area (Å²) in [5, 5.41) is 4.56. The Labute approximate surface area is 149 Å². The molecule has 5 heteroatoms. The molecule has 120 valence electrons. The molecule has 1 fully saturated rings. The van der Waals surface area contributed by atoms with Gasteiger partial charge < -0.3 is 16.0 Å². The molecule has 1 aromatic heterocycles. The Morgan fingerprint density at radius 1 is 1.41 bits per heavy atom. The van der Waals surface area contributed by atoms with E-state index in [1.807, 2.05) is 0 Å². The number of hydrogen-bond donors (Lipinski definition) is 3. The van der Waals surface area contributed by atoms with Crippen LogP contribution in [0, 0.1) is 12.8 Å². The molecule has 1 heterocycles. The number of rotatable bonds is 5. The standard InChI is InChI=1S/C17H24N4.HI/c1-12-4-2-7-15-16(12)14(11-20-15)8-9-19-17(18)21-10-13-5-3-6-13;/h2,4,7,11,13,20H,3,5-6,8-10H2,1H3,(H3,18,19,21);1H. The lowest BCUT2D eigenvalue weighted by Gasteiger charge is -2.23. The number of fused-ring (bicyclic) bond motifs is 1. The first-order valence-electron chi connectivity index (χ1n) is 7.83. The highest BCUT2D eigenvalue weighted by Gasteiger charge is 2.16. The summed E-state index contributed by atoms with van der Waals surface area (Å²) in [7, 11) is 0. The largest absolute Gasteiger partial charge is 0.370 e. The number of nitrogens with two attached hydrogens (primary N) is 1. The molecule has 2 aromatic rings. The number of H-pyrrole nitrogens is 1. The van der Waals surface area contributed by atoms with Crippen molar-refractivity contribution in [3.63, 3.8) is 0 Å². The molecular formula is C17H25IN4. The summed E-state index contributed by atoms with van der Waals surface area (Å²) >= 11 is 0. The number of halogens is 1. The lowest BCUT2D eigenvalue weighted by molar-refractivity contribution is 0.326. The van der Waals surface area contributed by atoms with Gasteiger partial charge in [0.2, 0.25) is 0 Å². The van der Waals surface area contributed by atoms with Crippen LogP contribution in [-0.2, 0) is 6.42 Å². The van der Waals surface area contributed by atoms with Crippen molar-refractivity contribution in [2.75, 3.05) is 13.1 Å². The van der Waals surface area contributed by atoms with Crippen LogP contribution in [0.4, 0.5) is 0 Å². The predicted octanol–water partition coefficient (Wildman–Crippen LogP) is 3.34. The van der Waals surface area contributed by atoms with Gasteiger partial charge in [0, 0.05) is 30.2 Å². The van der Waals surface area contributed by atoms with E-state index in [0.717, 1.165) is 25.4 Å². The molecular weight excluding hydrogens is 387 g/mol. The van der Waals surface area contributed by atoms with E-state index >= 15 is 0 Å². The maximum atomic E-state index is 5.91. The molecule has 0 aliphatic heterocycles. The maximum Gasteiger partial charge on any atom is 0.188 e. The second-order valence-electron chi connectivity index (χ2n) is 6.01. The van der Waals surface area contributed by atoms with Crippen molar-refractivity contribution in [1.82, 2.24) is 10.3 Å². The van der Waals surface area contributed by atoms with E-state index in [0.29, 0.717) is 5.96 Å². The number of aryl methyl sites for hydroxylation is 1. The van der Waals surface area contributed by atoms with Crippen LogP contribution in [0.3, 0.4) is 0 Å². The Hall–Kier alpha value is -1.24. The third-order valence-corrected chi connectivity index (χ3v) is 4.44. The van der Waals surface area contributed by atoms with E-state index in [9.17, 15) is 0 Å². The number of aliphatic imine (C=N–C) groups is 1. The van der Waals surface area contributed by atoms with Gasteiger partial charge in [-0.15, -0.1) is 24.0 Å². The molecule has 0 unspecified atom stereocenters. The lowest BCUT2D eigenvalue weighted by atomic mass is 9.86. The fraction of sp³-hybridized carbons (Fsp3) is 0.471. The summed E-state index contributed by atoms with van der Waals surface area (Å²) in [6.07, 6.45) is 7.02. The van der Waals surface area contributed by atoms with Gasteiger partial charge in [-0.1, -0.05) is 18.6 Å². The van der Waals surface area contributed by atoms with Crippen molar-refractivity contribution in [3.8, 4) is 0 Å².